The van der Waals surface area contributed by atoms with E-state index in [1.54, 1.807) is 24.3 Å². The van der Waals surface area contributed by atoms with Crippen molar-refractivity contribution in [2.24, 2.45) is 5.73 Å². The second-order valence-corrected chi connectivity index (χ2v) is 7.71. The molecular formula is C24H20BrF6NO3. The Labute approximate surface area is 205 Å². The number of benzene rings is 3. The van der Waals surface area contributed by atoms with Gasteiger partial charge in [-0.1, -0.05) is 46.3 Å². The summed E-state index contributed by atoms with van der Waals surface area (Å²) in [6, 6.07) is 17.4. The third-order valence-corrected chi connectivity index (χ3v) is 4.64. The summed E-state index contributed by atoms with van der Waals surface area (Å²) in [6.07, 6.45) is -8.91. The van der Waals surface area contributed by atoms with Gasteiger partial charge in [0.25, 0.3) is 0 Å². The van der Waals surface area contributed by atoms with E-state index in [4.69, 9.17) is 10.8 Å². The lowest BCUT2D eigenvalue weighted by atomic mass is 10.1. The molecule has 188 valence electrons. The summed E-state index contributed by atoms with van der Waals surface area (Å²) >= 11 is 3.20. The van der Waals surface area contributed by atoms with E-state index < -0.39 is 35.0 Å². The Balaban J connectivity index is 0.000000278. The lowest BCUT2D eigenvalue weighted by molar-refractivity contribution is -0.143. The minimum Gasteiger partial charge on any atom is -0.478 e. The maximum atomic E-state index is 12.2. The zero-order valence-electron chi connectivity index (χ0n) is 17.9. The molecule has 3 aromatic rings. The van der Waals surface area contributed by atoms with Crippen LogP contribution >= 0.6 is 15.9 Å². The molecule has 0 fully saturated rings. The highest BCUT2D eigenvalue weighted by atomic mass is 79.9. The number of nitrogens with two attached hydrogens (primary N) is 1. The Morgan fingerprint density at radius 3 is 1.71 bits per heavy atom. The second kappa shape index (κ2) is 13.6. The van der Waals surface area contributed by atoms with Gasteiger partial charge in [-0.3, -0.25) is 4.79 Å². The van der Waals surface area contributed by atoms with Crippen LogP contribution in [0.3, 0.4) is 0 Å². The average molecular weight is 564 g/mol. The number of halogens is 7. The molecule has 0 atom stereocenters. The number of carbonyl (C=O) groups excluding carboxylic acids is 1. The van der Waals surface area contributed by atoms with Crippen molar-refractivity contribution >= 4 is 28.2 Å². The topological polar surface area (TPSA) is 80.4 Å². The first-order valence-corrected chi connectivity index (χ1v) is 10.5. The highest BCUT2D eigenvalue weighted by Crippen LogP contribution is 2.35. The van der Waals surface area contributed by atoms with E-state index in [1.165, 1.54) is 5.56 Å². The Hall–Kier alpha value is -3.18. The zero-order chi connectivity index (χ0) is 26.6. The summed E-state index contributed by atoms with van der Waals surface area (Å²) in [5.41, 5.74) is 3.33. The van der Waals surface area contributed by atoms with E-state index in [1.807, 2.05) is 18.2 Å². The van der Waals surface area contributed by atoms with Crippen molar-refractivity contribution in [3.05, 3.63) is 105 Å². The summed E-state index contributed by atoms with van der Waals surface area (Å²) in [6.45, 7) is 0.740. The summed E-state index contributed by atoms with van der Waals surface area (Å²) in [5, 5.41) is 8.46. The molecule has 3 N–H and O–H groups in total. The summed E-state index contributed by atoms with van der Waals surface area (Å²) in [7, 11) is 0. The first-order valence-electron chi connectivity index (χ1n) is 9.75. The third kappa shape index (κ3) is 11.2. The van der Waals surface area contributed by atoms with Crippen LogP contribution in [-0.4, -0.2) is 23.9 Å². The van der Waals surface area contributed by atoms with E-state index in [2.05, 4.69) is 28.1 Å². The zero-order valence-corrected chi connectivity index (χ0v) is 19.5. The van der Waals surface area contributed by atoms with Crippen LogP contribution in [0.15, 0.2) is 77.3 Å². The number of carboxylic acids is 1. The van der Waals surface area contributed by atoms with Crippen LogP contribution in [-0.2, 0) is 18.8 Å². The lowest BCUT2D eigenvalue weighted by Crippen LogP contribution is -2.11. The molecule has 0 radical (unpaired) electrons. The molecule has 0 spiro atoms. The van der Waals surface area contributed by atoms with Gasteiger partial charge < -0.3 is 10.8 Å². The van der Waals surface area contributed by atoms with Crippen LogP contribution in [0.4, 0.5) is 26.3 Å². The molecule has 0 saturated carbocycles. The molecule has 0 bridgehead atoms. The number of carbonyl (C=O) groups is 2. The van der Waals surface area contributed by atoms with Crippen LogP contribution in [0.1, 0.15) is 37.4 Å². The smallest absolute Gasteiger partial charge is 0.416 e. The highest BCUT2D eigenvalue weighted by Gasteiger charge is 2.36. The van der Waals surface area contributed by atoms with Crippen LogP contribution < -0.4 is 5.73 Å². The van der Waals surface area contributed by atoms with Crippen molar-refractivity contribution in [1.29, 1.82) is 0 Å². The predicted molar refractivity (Wildman–Crippen MR) is 122 cm³/mol. The molecule has 3 aromatic carbocycles. The Kier molecular flexibility index (Phi) is 11.6. The van der Waals surface area contributed by atoms with E-state index in [0.29, 0.717) is 17.7 Å². The van der Waals surface area contributed by atoms with Gasteiger partial charge in [0.2, 0.25) is 0 Å². The maximum Gasteiger partial charge on any atom is 0.416 e. The molecule has 11 heteroatoms. The van der Waals surface area contributed by atoms with E-state index in [-0.39, 0.29) is 12.4 Å². The number of aromatic carboxylic acids is 1. The van der Waals surface area contributed by atoms with E-state index >= 15 is 0 Å². The average Bonchev–Trinajstić information content (AvgIpc) is 2.80. The SMILES string of the molecule is NCCc1ccccc1.O=C(O)c1ccc(Br)cc1.O=Cc1cc(C(F)(F)F)cc(C(F)(F)F)c1. The maximum absolute atomic E-state index is 12.2. The highest BCUT2D eigenvalue weighted by molar-refractivity contribution is 9.10. The molecule has 0 amide bonds. The minimum atomic E-state index is -4.92. The largest absolute Gasteiger partial charge is 0.478 e. The Morgan fingerprint density at radius 2 is 1.34 bits per heavy atom. The van der Waals surface area contributed by atoms with Crippen LogP contribution in [0.2, 0.25) is 0 Å². The molecule has 0 saturated heterocycles. The van der Waals surface area contributed by atoms with Gasteiger partial charge in [0.1, 0.15) is 6.29 Å². The molecule has 4 nitrogen and oxygen atoms in total. The molecular weight excluding hydrogens is 544 g/mol. The normalized spacial score (nSPS) is 10.9. The van der Waals surface area contributed by atoms with Crippen molar-refractivity contribution in [3.63, 3.8) is 0 Å². The van der Waals surface area contributed by atoms with Gasteiger partial charge in [0.05, 0.1) is 16.7 Å². The quantitative estimate of drug-likeness (QED) is 0.268. The second-order valence-electron chi connectivity index (χ2n) is 6.79. The van der Waals surface area contributed by atoms with Crippen LogP contribution in [0.25, 0.3) is 0 Å². The summed E-state index contributed by atoms with van der Waals surface area (Å²) in [4.78, 5) is 20.5. The molecule has 0 unspecified atom stereocenters. The van der Waals surface area contributed by atoms with Crippen molar-refractivity contribution < 1.29 is 41.0 Å². The lowest BCUT2D eigenvalue weighted by Gasteiger charge is -2.12. The van der Waals surface area contributed by atoms with Gasteiger partial charge in [-0.05, 0) is 61.0 Å². The molecule has 0 aliphatic rings. The fourth-order valence-electron chi connectivity index (χ4n) is 2.45. The van der Waals surface area contributed by atoms with Crippen molar-refractivity contribution in [1.82, 2.24) is 0 Å². The van der Waals surface area contributed by atoms with Crippen LogP contribution in [0, 0.1) is 0 Å². The third-order valence-electron chi connectivity index (χ3n) is 4.11. The van der Waals surface area contributed by atoms with Gasteiger partial charge in [0.15, 0.2) is 0 Å². The van der Waals surface area contributed by atoms with Gasteiger partial charge in [-0.2, -0.15) is 26.3 Å². The summed E-state index contributed by atoms with van der Waals surface area (Å²) < 4.78 is 74.0. The van der Waals surface area contributed by atoms with Gasteiger partial charge in [-0.15, -0.1) is 0 Å². The number of alkyl halides is 6. The molecule has 0 heterocycles. The molecule has 3 rings (SSSR count). The van der Waals surface area contributed by atoms with Crippen molar-refractivity contribution in [3.8, 4) is 0 Å². The molecule has 35 heavy (non-hydrogen) atoms. The first kappa shape index (κ1) is 29.9. The number of aldehydes is 1. The standard InChI is InChI=1S/C9H4F6O.C8H11N.C7H5BrO2/c10-8(11,12)6-1-5(4-16)2-7(3-6)9(13,14)15;9-7-6-8-4-2-1-3-5-8;8-6-3-1-5(2-4-6)7(9)10/h1-4H;1-5H,6-7,9H2;1-4H,(H,9,10). The Morgan fingerprint density at radius 1 is 0.857 bits per heavy atom. The van der Waals surface area contributed by atoms with Gasteiger partial charge in [0, 0.05) is 10.0 Å². The fourth-order valence-corrected chi connectivity index (χ4v) is 2.72. The monoisotopic (exact) mass is 563 g/mol. The first-order chi connectivity index (χ1) is 16.3. The Bertz CT molecular complexity index is 1050. The van der Waals surface area contributed by atoms with Gasteiger partial charge >= 0.3 is 18.3 Å². The fraction of sp³-hybridized carbons (Fsp3) is 0.167. The number of rotatable bonds is 4. The van der Waals surface area contributed by atoms with Crippen LogP contribution in [0.5, 0.6) is 0 Å². The molecule has 0 aliphatic carbocycles. The van der Waals surface area contributed by atoms with Crippen molar-refractivity contribution in [2.45, 2.75) is 18.8 Å². The number of hydrogen-bond donors (Lipinski definition) is 2. The van der Waals surface area contributed by atoms with E-state index in [9.17, 15) is 35.9 Å². The van der Waals surface area contributed by atoms with Gasteiger partial charge in [-0.25, -0.2) is 4.79 Å². The van der Waals surface area contributed by atoms with Crippen molar-refractivity contribution in [2.75, 3.05) is 6.54 Å². The minimum absolute atomic E-state index is 0.0347. The summed E-state index contributed by atoms with van der Waals surface area (Å²) in [5.74, 6) is -0.896. The predicted octanol–water partition coefficient (Wildman–Crippen LogP) is 6.87. The number of hydrogen-bond acceptors (Lipinski definition) is 3. The molecule has 0 aromatic heterocycles. The van der Waals surface area contributed by atoms with E-state index in [0.717, 1.165) is 17.4 Å². The number of carboxylic acid groups (broad SMARTS) is 1. The molecule has 0 aliphatic heterocycles.